The summed E-state index contributed by atoms with van der Waals surface area (Å²) in [5, 5.41) is 30.0. The molecular weight excluding hydrogens is 480 g/mol. The van der Waals surface area contributed by atoms with Gasteiger partial charge in [0.15, 0.2) is 0 Å². The Balaban J connectivity index is 1.19. The first kappa shape index (κ1) is 26.0. The maximum atomic E-state index is 13.6. The summed E-state index contributed by atoms with van der Waals surface area (Å²) in [6.45, 7) is 7.34. The van der Waals surface area contributed by atoms with Crippen molar-refractivity contribution in [3.63, 3.8) is 0 Å². The molecule has 1 aromatic carbocycles. The molecule has 208 valence electrons. The second kappa shape index (κ2) is 10.7. The number of nitrogens with zero attached hydrogens (tertiary/aromatic N) is 4. The van der Waals surface area contributed by atoms with E-state index in [2.05, 4.69) is 79.5 Å². The van der Waals surface area contributed by atoms with Crippen LogP contribution in [0.25, 0.3) is 0 Å². The number of aliphatic hydroxyl groups is 1. The highest BCUT2D eigenvalue weighted by Crippen LogP contribution is 2.34. The van der Waals surface area contributed by atoms with Crippen molar-refractivity contribution in [3.8, 4) is 0 Å². The fourth-order valence-electron chi connectivity index (χ4n) is 6.76. The molecule has 4 saturated heterocycles. The van der Waals surface area contributed by atoms with E-state index < -0.39 is 5.60 Å². The molecule has 38 heavy (non-hydrogen) atoms. The van der Waals surface area contributed by atoms with E-state index in [1.165, 1.54) is 5.69 Å². The number of allylic oxidation sites excluding steroid dienone is 1. The second-order valence-electron chi connectivity index (χ2n) is 11.9. The number of fused-ring (bicyclic) bond motifs is 6. The minimum Gasteiger partial charge on any atom is -0.389 e. The van der Waals surface area contributed by atoms with Crippen LogP contribution in [-0.4, -0.2) is 103 Å². The van der Waals surface area contributed by atoms with Gasteiger partial charge in [0.1, 0.15) is 6.29 Å². The number of piperidine rings is 1. The van der Waals surface area contributed by atoms with E-state index in [-0.39, 0.29) is 36.5 Å². The lowest BCUT2D eigenvalue weighted by molar-refractivity contribution is -0.146. The molecule has 5 N–H and O–H groups in total. The Morgan fingerprint density at radius 2 is 1.95 bits per heavy atom. The maximum absolute atomic E-state index is 13.6. The van der Waals surface area contributed by atoms with Crippen LogP contribution in [0.15, 0.2) is 36.4 Å². The monoisotopic (exact) mass is 524 g/mol. The zero-order valence-electron chi connectivity index (χ0n) is 22.8. The highest BCUT2D eigenvalue weighted by Gasteiger charge is 2.52. The quantitative estimate of drug-likeness (QED) is 0.370. The summed E-state index contributed by atoms with van der Waals surface area (Å²) >= 11 is 0. The predicted octanol–water partition coefficient (Wildman–Crippen LogP) is 0.897. The highest BCUT2D eigenvalue weighted by molar-refractivity contribution is 5.82. The van der Waals surface area contributed by atoms with Crippen LogP contribution >= 0.6 is 0 Å². The number of carbonyl (C=O) groups excluding carboxylic acids is 1. The predicted molar refractivity (Wildman–Crippen MR) is 149 cm³/mol. The zero-order valence-corrected chi connectivity index (χ0v) is 22.8. The summed E-state index contributed by atoms with van der Waals surface area (Å²) in [5.41, 5.74) is 1.52. The number of benzene rings is 1. The van der Waals surface area contributed by atoms with Crippen LogP contribution < -0.4 is 26.2 Å². The van der Waals surface area contributed by atoms with Crippen molar-refractivity contribution in [2.45, 2.75) is 69.3 Å². The molecule has 0 radical (unpaired) electrons. The lowest BCUT2D eigenvalue weighted by Crippen LogP contribution is -2.69. The Morgan fingerprint density at radius 1 is 1.11 bits per heavy atom. The van der Waals surface area contributed by atoms with Gasteiger partial charge in [-0.2, -0.15) is 5.01 Å². The molecule has 10 nitrogen and oxygen atoms in total. The lowest BCUT2D eigenvalue weighted by atomic mass is 9.85. The minimum absolute atomic E-state index is 0.00233. The van der Waals surface area contributed by atoms with Crippen molar-refractivity contribution in [2.24, 2.45) is 5.92 Å². The van der Waals surface area contributed by atoms with Gasteiger partial charge in [-0.1, -0.05) is 18.2 Å². The van der Waals surface area contributed by atoms with E-state index in [4.69, 9.17) is 0 Å². The molecule has 1 amide bonds. The molecular formula is C28H44N8O2. The number of carbonyl (C=O) groups is 1. The molecule has 0 aliphatic carbocycles. The third-order valence-electron chi connectivity index (χ3n) is 9.12. The highest BCUT2D eigenvalue weighted by atomic mass is 16.3. The molecule has 1 aromatic rings. The average Bonchev–Trinajstić information content (AvgIpc) is 3.19. The Labute approximate surface area is 226 Å². The van der Waals surface area contributed by atoms with Gasteiger partial charge < -0.3 is 20.2 Å². The van der Waals surface area contributed by atoms with Crippen LogP contribution in [0, 0.1) is 5.92 Å². The number of piperazine rings is 1. The Kier molecular flexibility index (Phi) is 7.36. The van der Waals surface area contributed by atoms with E-state index in [1.54, 1.807) is 0 Å². The third kappa shape index (κ3) is 5.17. The summed E-state index contributed by atoms with van der Waals surface area (Å²) in [4.78, 5) is 18.4. The molecule has 6 atom stereocenters. The number of amides is 1. The first-order chi connectivity index (χ1) is 18.4. The maximum Gasteiger partial charge on any atom is 0.244 e. The molecule has 10 heteroatoms. The first-order valence-corrected chi connectivity index (χ1v) is 14.4. The van der Waals surface area contributed by atoms with Crippen molar-refractivity contribution in [1.29, 1.82) is 0 Å². The van der Waals surface area contributed by atoms with Gasteiger partial charge in [-0.15, -0.1) is 0 Å². The van der Waals surface area contributed by atoms with Gasteiger partial charge >= 0.3 is 0 Å². The number of nitrogens with one attached hydrogen (secondary N) is 4. The minimum atomic E-state index is -0.776. The smallest absolute Gasteiger partial charge is 0.244 e. The summed E-state index contributed by atoms with van der Waals surface area (Å²) in [6.07, 6.45) is 8.36. The van der Waals surface area contributed by atoms with Crippen molar-refractivity contribution in [1.82, 2.24) is 30.9 Å². The van der Waals surface area contributed by atoms with E-state index in [0.29, 0.717) is 13.1 Å². The van der Waals surface area contributed by atoms with Gasteiger partial charge in [-0.05, 0) is 64.3 Å². The molecule has 0 aromatic heterocycles. The molecule has 5 heterocycles. The summed E-state index contributed by atoms with van der Waals surface area (Å²) in [6, 6.07) is 8.63. The largest absolute Gasteiger partial charge is 0.389 e. The van der Waals surface area contributed by atoms with Crippen LogP contribution in [0.3, 0.4) is 0 Å². The first-order valence-electron chi connectivity index (χ1n) is 14.4. The molecule has 2 bridgehead atoms. The van der Waals surface area contributed by atoms with Crippen LogP contribution in [0.2, 0.25) is 0 Å². The standard InChI is InChI=1S/C28H44N8O2/c1-28(38)12-4-3-5-13-35-26(37)22-19-29-27(32-25(22)36(35)24-11-7-10-23(28)31-24)30-20-8-6-9-21(18-20)34-16-14-33(2)15-17-34/h3,5-6,8-9,18,22-25,27,29-32,38H,4,7,10-17,19H2,1-2H3/b5-3-/t22?,23?,24?,25?,27?,28-/m0/s1. The van der Waals surface area contributed by atoms with Gasteiger partial charge in [-0.3, -0.25) is 25.8 Å². The van der Waals surface area contributed by atoms with Crippen molar-refractivity contribution in [3.05, 3.63) is 36.4 Å². The van der Waals surface area contributed by atoms with Crippen LogP contribution in [0.4, 0.5) is 11.4 Å². The van der Waals surface area contributed by atoms with Crippen molar-refractivity contribution in [2.75, 3.05) is 56.5 Å². The number of rotatable bonds is 3. The molecule has 5 unspecified atom stereocenters. The van der Waals surface area contributed by atoms with Crippen molar-refractivity contribution < 1.29 is 9.90 Å². The SMILES string of the molecule is CN1CCN(c2cccc(NC3NCC4C(=O)N5C/C=C\CC[C@](C)(O)C6CCCC(N6)N5C4N3)c2)CC1. The lowest BCUT2D eigenvalue weighted by Gasteiger charge is -2.47. The number of anilines is 2. The van der Waals surface area contributed by atoms with Gasteiger partial charge in [0.2, 0.25) is 5.91 Å². The molecule has 0 spiro atoms. The Bertz CT molecular complexity index is 1030. The van der Waals surface area contributed by atoms with Gasteiger partial charge in [0.05, 0.1) is 30.4 Å². The molecule has 5 aliphatic heterocycles. The van der Waals surface area contributed by atoms with E-state index in [9.17, 15) is 9.90 Å². The van der Waals surface area contributed by atoms with Gasteiger partial charge in [0.25, 0.3) is 0 Å². The third-order valence-corrected chi connectivity index (χ3v) is 9.12. The number of hydrogen-bond donors (Lipinski definition) is 5. The molecule has 6 rings (SSSR count). The van der Waals surface area contributed by atoms with Crippen LogP contribution in [-0.2, 0) is 4.79 Å². The van der Waals surface area contributed by atoms with Crippen molar-refractivity contribution >= 4 is 17.3 Å². The van der Waals surface area contributed by atoms with E-state index in [0.717, 1.165) is 64.0 Å². The molecule has 0 saturated carbocycles. The topological polar surface area (TPSA) is 98.4 Å². The molecule has 4 fully saturated rings. The number of hydrazine groups is 1. The number of likely N-dealkylation sites (N-methyl/N-ethyl adjacent to an activating group) is 1. The van der Waals surface area contributed by atoms with Gasteiger partial charge in [-0.25, -0.2) is 0 Å². The fraction of sp³-hybridized carbons (Fsp3) is 0.679. The Morgan fingerprint density at radius 3 is 2.79 bits per heavy atom. The number of hydrogen-bond acceptors (Lipinski definition) is 9. The van der Waals surface area contributed by atoms with Crippen LogP contribution in [0.5, 0.6) is 0 Å². The van der Waals surface area contributed by atoms with E-state index in [1.807, 2.05) is 11.9 Å². The zero-order chi connectivity index (χ0) is 26.3. The summed E-state index contributed by atoms with van der Waals surface area (Å²) < 4.78 is 0. The van der Waals surface area contributed by atoms with E-state index >= 15 is 0 Å². The summed E-state index contributed by atoms with van der Waals surface area (Å²) in [5.74, 6) is -0.00570. The average molecular weight is 525 g/mol. The summed E-state index contributed by atoms with van der Waals surface area (Å²) in [7, 11) is 2.18. The Hall–Kier alpha value is -2.21. The molecule has 5 aliphatic rings. The van der Waals surface area contributed by atoms with Gasteiger partial charge in [0, 0.05) is 50.1 Å². The fourth-order valence-corrected chi connectivity index (χ4v) is 6.76. The second-order valence-corrected chi connectivity index (χ2v) is 11.9. The van der Waals surface area contributed by atoms with Crippen LogP contribution in [0.1, 0.15) is 39.0 Å². The normalized spacial score (nSPS) is 37.8.